The number of para-hydroxylation sites is 2. The van der Waals surface area contributed by atoms with Crippen LogP contribution in [0.1, 0.15) is 0 Å². The van der Waals surface area contributed by atoms with Gasteiger partial charge in [-0.25, -0.2) is 0 Å². The number of nitrogens with zero attached hydrogens (tertiary/aromatic N) is 1. The molecule has 0 saturated carbocycles. The predicted octanol–water partition coefficient (Wildman–Crippen LogP) is 2.20. The molecule has 0 atom stereocenters. The molecule has 0 aliphatic rings. The largest absolute Gasteiger partial charge is 0.618 e. The van der Waals surface area contributed by atoms with Gasteiger partial charge in [-0.3, -0.25) is 9.59 Å². The second-order valence-electron chi connectivity index (χ2n) is 4.74. The highest BCUT2D eigenvalue weighted by molar-refractivity contribution is 7.99. The summed E-state index contributed by atoms with van der Waals surface area (Å²) in [5.74, 6) is -1.79. The summed E-state index contributed by atoms with van der Waals surface area (Å²) in [6.07, 6.45) is 1.29. The first-order valence-corrected chi connectivity index (χ1v) is 8.24. The van der Waals surface area contributed by atoms with Gasteiger partial charge in [0.1, 0.15) is 11.5 Å². The lowest BCUT2D eigenvalue weighted by atomic mass is 10.3. The van der Waals surface area contributed by atoms with Gasteiger partial charge in [0.25, 0.3) is 10.9 Å². The Morgan fingerprint density at radius 1 is 1.19 bits per heavy atom. The highest BCUT2D eigenvalue weighted by Crippen LogP contribution is 2.25. The SMILES string of the molecule is O=C(COC(=O)CSc1cccc[n+]1[O-])Nc1ccccc1OC(F)F. The van der Waals surface area contributed by atoms with Crippen LogP contribution in [-0.4, -0.2) is 30.8 Å². The monoisotopic (exact) mass is 384 g/mol. The topological polar surface area (TPSA) is 91.6 Å². The molecule has 0 aliphatic heterocycles. The Morgan fingerprint density at radius 2 is 1.92 bits per heavy atom. The molecule has 1 aromatic carbocycles. The zero-order valence-corrected chi connectivity index (χ0v) is 14.1. The fraction of sp³-hybridized carbons (Fsp3) is 0.188. The van der Waals surface area contributed by atoms with E-state index in [0.29, 0.717) is 9.76 Å². The fourth-order valence-corrected chi connectivity index (χ4v) is 2.51. The van der Waals surface area contributed by atoms with Crippen LogP contribution in [0.5, 0.6) is 5.75 Å². The van der Waals surface area contributed by atoms with Crippen molar-refractivity contribution in [3.05, 3.63) is 53.9 Å². The lowest BCUT2D eigenvalue weighted by Crippen LogP contribution is -2.28. The first kappa shape index (κ1) is 19.4. The number of aromatic nitrogens is 1. The van der Waals surface area contributed by atoms with E-state index in [2.05, 4.69) is 10.1 Å². The smallest absolute Gasteiger partial charge is 0.387 e. The number of halogens is 2. The molecular weight excluding hydrogens is 370 g/mol. The molecule has 2 aromatic rings. The van der Waals surface area contributed by atoms with Crippen molar-refractivity contribution in [2.75, 3.05) is 17.7 Å². The van der Waals surface area contributed by atoms with Gasteiger partial charge >= 0.3 is 12.6 Å². The molecule has 1 amide bonds. The standard InChI is InChI=1S/C16H14F2N2O5S/c17-16(18)25-12-6-2-1-5-11(12)19-13(21)9-24-15(22)10-26-14-7-3-4-8-20(14)23/h1-8,16H,9-10H2,(H,19,21). The minimum absolute atomic E-state index is 0.0277. The summed E-state index contributed by atoms with van der Waals surface area (Å²) in [6.45, 7) is -3.64. The average Bonchev–Trinajstić information content (AvgIpc) is 2.60. The highest BCUT2D eigenvalue weighted by Gasteiger charge is 2.14. The second-order valence-corrected chi connectivity index (χ2v) is 5.73. The van der Waals surface area contributed by atoms with E-state index >= 15 is 0 Å². The van der Waals surface area contributed by atoms with Gasteiger partial charge in [0, 0.05) is 12.1 Å². The summed E-state index contributed by atoms with van der Waals surface area (Å²) in [5, 5.41) is 14.1. The molecule has 0 spiro atoms. The van der Waals surface area contributed by atoms with Crippen LogP contribution >= 0.6 is 11.8 Å². The number of ether oxygens (including phenoxy) is 2. The molecule has 1 aromatic heterocycles. The zero-order chi connectivity index (χ0) is 18.9. The van der Waals surface area contributed by atoms with Gasteiger partial charge in [0.05, 0.1) is 5.69 Å². The fourth-order valence-electron chi connectivity index (χ4n) is 1.80. The third-order valence-electron chi connectivity index (χ3n) is 2.87. The van der Waals surface area contributed by atoms with Gasteiger partial charge in [-0.05, 0) is 30.0 Å². The Bertz CT molecular complexity index is 776. The van der Waals surface area contributed by atoms with Crippen LogP contribution in [0.15, 0.2) is 53.7 Å². The molecule has 0 fully saturated rings. The molecule has 2 rings (SSSR count). The van der Waals surface area contributed by atoms with E-state index in [1.54, 1.807) is 12.1 Å². The molecule has 0 saturated heterocycles. The van der Waals surface area contributed by atoms with E-state index in [0.717, 1.165) is 11.8 Å². The molecule has 138 valence electrons. The normalized spacial score (nSPS) is 10.4. The van der Waals surface area contributed by atoms with E-state index in [1.165, 1.54) is 36.5 Å². The van der Waals surface area contributed by atoms with Crippen LogP contribution in [0.2, 0.25) is 0 Å². The zero-order valence-electron chi connectivity index (χ0n) is 13.3. The Kier molecular flexibility index (Phi) is 7.15. The van der Waals surface area contributed by atoms with Crippen LogP contribution in [0.4, 0.5) is 14.5 Å². The molecule has 0 aliphatic carbocycles. The van der Waals surface area contributed by atoms with Crippen molar-refractivity contribution in [3.8, 4) is 5.75 Å². The molecule has 26 heavy (non-hydrogen) atoms. The number of esters is 1. The molecular formula is C16H14F2N2O5S. The molecule has 1 heterocycles. The van der Waals surface area contributed by atoms with Gasteiger partial charge < -0.3 is 20.0 Å². The van der Waals surface area contributed by atoms with E-state index < -0.39 is 25.1 Å². The molecule has 0 radical (unpaired) electrons. The van der Waals surface area contributed by atoms with Crippen molar-refractivity contribution < 1.29 is 32.6 Å². The minimum atomic E-state index is -3.04. The van der Waals surface area contributed by atoms with Crippen molar-refractivity contribution in [1.82, 2.24) is 0 Å². The Balaban J connectivity index is 1.80. The van der Waals surface area contributed by atoms with Crippen LogP contribution in [-0.2, 0) is 14.3 Å². The maximum absolute atomic E-state index is 12.3. The first-order chi connectivity index (χ1) is 12.5. The number of hydrogen-bond donors (Lipinski definition) is 1. The summed E-state index contributed by atoms with van der Waals surface area (Å²) in [4.78, 5) is 23.4. The van der Waals surface area contributed by atoms with Crippen molar-refractivity contribution in [2.24, 2.45) is 0 Å². The third-order valence-corrected chi connectivity index (χ3v) is 3.86. The summed E-state index contributed by atoms with van der Waals surface area (Å²) < 4.78 is 34.3. The molecule has 10 heteroatoms. The second kappa shape index (κ2) is 9.56. The van der Waals surface area contributed by atoms with E-state index in [1.807, 2.05) is 0 Å². The van der Waals surface area contributed by atoms with Gasteiger partial charge in [-0.15, -0.1) is 0 Å². The summed E-state index contributed by atoms with van der Waals surface area (Å²) in [6, 6.07) is 10.4. The van der Waals surface area contributed by atoms with Crippen LogP contribution in [0.3, 0.4) is 0 Å². The Labute approximate surface area is 151 Å². The quantitative estimate of drug-likeness (QED) is 0.325. The van der Waals surface area contributed by atoms with Gasteiger partial charge in [0.2, 0.25) is 0 Å². The number of amides is 1. The number of benzene rings is 1. The number of rotatable bonds is 8. The van der Waals surface area contributed by atoms with Gasteiger partial charge in [-0.2, -0.15) is 13.5 Å². The van der Waals surface area contributed by atoms with Crippen molar-refractivity contribution in [3.63, 3.8) is 0 Å². The van der Waals surface area contributed by atoms with E-state index in [4.69, 9.17) is 4.74 Å². The molecule has 0 bridgehead atoms. The third kappa shape index (κ3) is 6.20. The number of pyridine rings is 1. The summed E-state index contributed by atoms with van der Waals surface area (Å²) >= 11 is 0.961. The summed E-state index contributed by atoms with van der Waals surface area (Å²) in [7, 11) is 0. The number of alkyl halides is 2. The number of nitrogens with one attached hydrogen (secondary N) is 1. The number of thioether (sulfide) groups is 1. The van der Waals surface area contributed by atoms with Gasteiger partial charge in [-0.1, -0.05) is 12.1 Å². The first-order valence-electron chi connectivity index (χ1n) is 7.26. The van der Waals surface area contributed by atoms with E-state index in [9.17, 15) is 23.6 Å². The number of carbonyl (C=O) groups is 2. The summed E-state index contributed by atoms with van der Waals surface area (Å²) in [5.41, 5.74) is 0.0277. The molecule has 7 nitrogen and oxygen atoms in total. The van der Waals surface area contributed by atoms with Crippen LogP contribution < -0.4 is 14.8 Å². The Morgan fingerprint density at radius 3 is 2.65 bits per heavy atom. The average molecular weight is 384 g/mol. The number of anilines is 1. The highest BCUT2D eigenvalue weighted by atomic mass is 32.2. The van der Waals surface area contributed by atoms with Crippen molar-refractivity contribution >= 4 is 29.3 Å². The van der Waals surface area contributed by atoms with Crippen molar-refractivity contribution in [1.29, 1.82) is 0 Å². The number of hydrogen-bond acceptors (Lipinski definition) is 6. The van der Waals surface area contributed by atoms with Crippen LogP contribution in [0, 0.1) is 5.21 Å². The maximum Gasteiger partial charge on any atom is 0.387 e. The predicted molar refractivity (Wildman–Crippen MR) is 88.8 cm³/mol. The van der Waals surface area contributed by atoms with Gasteiger partial charge in [0.15, 0.2) is 12.8 Å². The van der Waals surface area contributed by atoms with Crippen LogP contribution in [0.25, 0.3) is 0 Å². The Hall–Kier alpha value is -2.88. The maximum atomic E-state index is 12.3. The molecule has 0 unspecified atom stereocenters. The minimum Gasteiger partial charge on any atom is -0.618 e. The number of carbonyl (C=O) groups excluding carboxylic acids is 2. The van der Waals surface area contributed by atoms with E-state index in [-0.39, 0.29) is 17.2 Å². The lowest BCUT2D eigenvalue weighted by molar-refractivity contribution is -0.645. The van der Waals surface area contributed by atoms with Crippen molar-refractivity contribution in [2.45, 2.75) is 11.6 Å². The molecule has 1 N–H and O–H groups in total. The lowest BCUT2D eigenvalue weighted by Gasteiger charge is -2.11.